The molecule has 0 aliphatic carbocycles. The zero-order valence-electron chi connectivity index (χ0n) is 16.4. The molecular formula is C22H21BrClN5O2. The Morgan fingerprint density at radius 1 is 1.03 bits per heavy atom. The van der Waals surface area contributed by atoms with E-state index in [2.05, 4.69) is 38.0 Å². The first-order chi connectivity index (χ1) is 14.4. The maximum atomic E-state index is 11.0. The zero-order chi connectivity index (χ0) is 21.3. The molecule has 2 heterocycles. The summed E-state index contributed by atoms with van der Waals surface area (Å²) in [5, 5.41) is 9.89. The van der Waals surface area contributed by atoms with E-state index in [-0.39, 0.29) is 24.8 Å². The number of nitrogen functional groups attached to an aromatic ring is 1. The van der Waals surface area contributed by atoms with Crippen LogP contribution >= 0.6 is 28.3 Å². The van der Waals surface area contributed by atoms with Gasteiger partial charge in [0, 0.05) is 28.2 Å². The summed E-state index contributed by atoms with van der Waals surface area (Å²) >= 11 is 3.45. The number of rotatable bonds is 6. The molecule has 31 heavy (non-hydrogen) atoms. The highest BCUT2D eigenvalue weighted by Gasteiger charge is 2.15. The number of halogens is 2. The molecular weight excluding hydrogens is 482 g/mol. The maximum Gasteiger partial charge on any atom is 0.320 e. The highest BCUT2D eigenvalue weighted by molar-refractivity contribution is 9.10. The molecule has 160 valence electrons. The van der Waals surface area contributed by atoms with Gasteiger partial charge in [0.15, 0.2) is 0 Å². The van der Waals surface area contributed by atoms with E-state index >= 15 is 0 Å². The summed E-state index contributed by atoms with van der Waals surface area (Å²) in [6, 6.07) is 16.7. The number of carbonyl (C=O) groups is 1. The Bertz CT molecular complexity index is 1210. The zero-order valence-corrected chi connectivity index (χ0v) is 18.8. The first-order valence-electron chi connectivity index (χ1n) is 9.35. The second kappa shape index (κ2) is 9.47. The smallest absolute Gasteiger partial charge is 0.320 e. The van der Waals surface area contributed by atoms with Crippen LogP contribution in [0.25, 0.3) is 22.3 Å². The van der Waals surface area contributed by atoms with Crippen LogP contribution in [0.3, 0.4) is 0 Å². The molecule has 1 unspecified atom stereocenters. The Labute approximate surface area is 193 Å². The van der Waals surface area contributed by atoms with Gasteiger partial charge in [-0.1, -0.05) is 52.3 Å². The maximum absolute atomic E-state index is 11.0. The van der Waals surface area contributed by atoms with E-state index in [4.69, 9.17) is 16.6 Å². The number of aliphatic carboxylic acids is 1. The number of benzene rings is 2. The number of nitrogens with two attached hydrogens (primary N) is 2. The van der Waals surface area contributed by atoms with Crippen LogP contribution in [0.4, 0.5) is 5.95 Å². The predicted octanol–water partition coefficient (Wildman–Crippen LogP) is 3.87. The second-order valence-electron chi connectivity index (χ2n) is 7.08. The Morgan fingerprint density at radius 3 is 2.32 bits per heavy atom. The second-order valence-corrected chi connectivity index (χ2v) is 8.00. The monoisotopic (exact) mass is 501 g/mol. The van der Waals surface area contributed by atoms with E-state index in [1.807, 2.05) is 53.2 Å². The lowest BCUT2D eigenvalue weighted by molar-refractivity contribution is -0.138. The van der Waals surface area contributed by atoms with Crippen molar-refractivity contribution in [1.29, 1.82) is 0 Å². The van der Waals surface area contributed by atoms with Gasteiger partial charge in [-0.25, -0.2) is 4.98 Å². The van der Waals surface area contributed by atoms with Crippen LogP contribution in [0.15, 0.2) is 65.3 Å². The molecule has 2 aromatic carbocycles. The lowest BCUT2D eigenvalue weighted by Crippen LogP contribution is -2.32. The summed E-state index contributed by atoms with van der Waals surface area (Å²) < 4.78 is 3.07. The van der Waals surface area contributed by atoms with E-state index in [9.17, 15) is 4.79 Å². The quantitative estimate of drug-likeness (QED) is 0.368. The molecule has 0 saturated carbocycles. The van der Waals surface area contributed by atoms with Crippen LogP contribution < -0.4 is 11.5 Å². The third kappa shape index (κ3) is 5.04. The van der Waals surface area contributed by atoms with E-state index in [1.54, 1.807) is 0 Å². The van der Waals surface area contributed by atoms with E-state index in [1.165, 1.54) is 0 Å². The summed E-state index contributed by atoms with van der Waals surface area (Å²) in [7, 11) is 0. The fourth-order valence-corrected chi connectivity index (χ4v) is 3.62. The number of hydrogen-bond acceptors (Lipinski definition) is 5. The summed E-state index contributed by atoms with van der Waals surface area (Å²) in [5.74, 6) is -0.818. The number of aromatic nitrogens is 3. The van der Waals surface area contributed by atoms with Crippen molar-refractivity contribution in [3.8, 4) is 11.3 Å². The molecule has 0 amide bonds. The van der Waals surface area contributed by atoms with Crippen LogP contribution in [0.2, 0.25) is 0 Å². The molecule has 0 radical (unpaired) electrons. The van der Waals surface area contributed by atoms with Crippen molar-refractivity contribution in [2.24, 2.45) is 5.73 Å². The van der Waals surface area contributed by atoms with Gasteiger partial charge in [-0.3, -0.25) is 4.79 Å². The van der Waals surface area contributed by atoms with Crippen molar-refractivity contribution in [2.45, 2.75) is 19.0 Å². The molecule has 0 bridgehead atoms. The molecule has 0 fully saturated rings. The summed E-state index contributed by atoms with van der Waals surface area (Å²) in [6.07, 6.45) is 2.24. The van der Waals surface area contributed by atoms with Gasteiger partial charge in [0.1, 0.15) is 11.7 Å². The Hall–Kier alpha value is -2.94. The molecule has 0 spiro atoms. The lowest BCUT2D eigenvalue weighted by atomic mass is 10.0. The van der Waals surface area contributed by atoms with Gasteiger partial charge in [-0.05, 0) is 35.7 Å². The number of fused-ring (bicyclic) bond motifs is 1. The molecule has 4 aromatic rings. The first kappa shape index (κ1) is 22.7. The lowest BCUT2D eigenvalue weighted by Gasteiger charge is -2.09. The third-order valence-electron chi connectivity index (χ3n) is 4.90. The molecule has 5 N–H and O–H groups in total. The number of carboxylic acids is 1. The van der Waals surface area contributed by atoms with E-state index < -0.39 is 12.0 Å². The molecule has 0 aliphatic heterocycles. The van der Waals surface area contributed by atoms with E-state index in [0.29, 0.717) is 6.54 Å². The van der Waals surface area contributed by atoms with Crippen molar-refractivity contribution in [2.75, 3.05) is 5.73 Å². The minimum absolute atomic E-state index is 0. The molecule has 1 atom stereocenters. The van der Waals surface area contributed by atoms with Gasteiger partial charge in [0.25, 0.3) is 0 Å². The number of carboxylic acid groups (broad SMARTS) is 1. The number of hydrogen-bond donors (Lipinski definition) is 3. The molecule has 2 aromatic heterocycles. The predicted molar refractivity (Wildman–Crippen MR) is 127 cm³/mol. The fourth-order valence-electron chi connectivity index (χ4n) is 3.36. The average Bonchev–Trinajstić information content (AvgIpc) is 3.12. The largest absolute Gasteiger partial charge is 0.480 e. The van der Waals surface area contributed by atoms with Gasteiger partial charge in [0.2, 0.25) is 5.95 Å². The molecule has 0 saturated heterocycles. The van der Waals surface area contributed by atoms with Crippen LogP contribution in [0, 0.1) is 0 Å². The van der Waals surface area contributed by atoms with Crippen molar-refractivity contribution in [3.05, 3.63) is 76.4 Å². The molecule has 7 nitrogen and oxygen atoms in total. The van der Waals surface area contributed by atoms with Gasteiger partial charge < -0.3 is 21.1 Å². The minimum atomic E-state index is -1.02. The fraction of sp³-hybridized carbons (Fsp3) is 0.136. The first-order valence-corrected chi connectivity index (χ1v) is 10.1. The standard InChI is InChI=1S/C22H20BrN5O2.ClH/c23-16-7-3-14(4-8-16)12-28-10-9-17-19(26-22(25)27-20(17)28)15-5-1-13(2-6-15)11-18(24)21(29)30;/h1-10,18H,11-12,24H2,(H,29,30)(H2,25,26,27);1H. The molecule has 0 aliphatic rings. The third-order valence-corrected chi connectivity index (χ3v) is 5.43. The topological polar surface area (TPSA) is 120 Å². The average molecular weight is 503 g/mol. The van der Waals surface area contributed by atoms with Gasteiger partial charge in [-0.2, -0.15) is 4.98 Å². The Morgan fingerprint density at radius 2 is 1.68 bits per heavy atom. The van der Waals surface area contributed by atoms with Crippen LogP contribution in [-0.4, -0.2) is 31.7 Å². The highest BCUT2D eigenvalue weighted by Crippen LogP contribution is 2.28. The Balaban J connectivity index is 0.00000272. The van der Waals surface area contributed by atoms with Crippen molar-refractivity contribution in [1.82, 2.24) is 14.5 Å². The normalized spacial score (nSPS) is 11.8. The van der Waals surface area contributed by atoms with Gasteiger partial charge in [0.05, 0.1) is 5.69 Å². The SMILES string of the molecule is Cl.Nc1nc(-c2ccc(CC(N)C(=O)O)cc2)c2ccn(Cc3ccc(Br)cc3)c2n1. The van der Waals surface area contributed by atoms with Crippen molar-refractivity contribution >= 4 is 51.3 Å². The van der Waals surface area contributed by atoms with Crippen molar-refractivity contribution < 1.29 is 9.90 Å². The minimum Gasteiger partial charge on any atom is -0.480 e. The highest BCUT2D eigenvalue weighted by atomic mass is 79.9. The number of nitrogens with zero attached hydrogens (tertiary/aromatic N) is 3. The molecule has 4 rings (SSSR count). The van der Waals surface area contributed by atoms with Gasteiger partial charge in [-0.15, -0.1) is 12.4 Å². The summed E-state index contributed by atoms with van der Waals surface area (Å²) in [6.45, 7) is 0.665. The summed E-state index contributed by atoms with van der Waals surface area (Å²) in [5.41, 5.74) is 16.0. The van der Waals surface area contributed by atoms with Crippen LogP contribution in [0.1, 0.15) is 11.1 Å². The van der Waals surface area contributed by atoms with Crippen molar-refractivity contribution in [3.63, 3.8) is 0 Å². The number of anilines is 1. The van der Waals surface area contributed by atoms with E-state index in [0.717, 1.165) is 37.9 Å². The van der Waals surface area contributed by atoms with Crippen LogP contribution in [-0.2, 0) is 17.8 Å². The van der Waals surface area contributed by atoms with Gasteiger partial charge >= 0.3 is 5.97 Å². The summed E-state index contributed by atoms with van der Waals surface area (Å²) in [4.78, 5) is 19.9. The van der Waals surface area contributed by atoms with Crippen LogP contribution in [0.5, 0.6) is 0 Å². The molecule has 9 heteroatoms. The Kier molecular flexibility index (Phi) is 6.94.